The van der Waals surface area contributed by atoms with Crippen molar-refractivity contribution in [1.82, 2.24) is 35.3 Å². The van der Waals surface area contributed by atoms with E-state index in [0.29, 0.717) is 26.1 Å². The molecule has 3 amide bonds. The third-order valence-corrected chi connectivity index (χ3v) is 5.11. The molecule has 1 spiro atoms. The molecule has 1 N–H and O–H groups in total. The standard InChI is InChI=1S/C16H19N7O2/c1-21-15(25)17-8-16(21)9-22(10-16)14(24)13(23-11-18-19-20-23)7-12-5-3-2-4-6-12/h2-6,11,13H,7-10H2,1H3,(H,17,25). The quantitative estimate of drug-likeness (QED) is 0.823. The van der Waals surface area contributed by atoms with Crippen molar-refractivity contribution in [2.75, 3.05) is 26.7 Å². The molecule has 1 aromatic heterocycles. The molecule has 0 saturated carbocycles. The van der Waals surface area contributed by atoms with E-state index in [9.17, 15) is 9.59 Å². The van der Waals surface area contributed by atoms with Crippen molar-refractivity contribution in [3.8, 4) is 0 Å². The number of hydrogen-bond acceptors (Lipinski definition) is 5. The topological polar surface area (TPSA) is 96.2 Å². The molecule has 0 aliphatic carbocycles. The number of aromatic nitrogens is 4. The monoisotopic (exact) mass is 341 g/mol. The van der Waals surface area contributed by atoms with Gasteiger partial charge >= 0.3 is 6.03 Å². The van der Waals surface area contributed by atoms with Crippen LogP contribution < -0.4 is 5.32 Å². The number of benzene rings is 1. The molecular weight excluding hydrogens is 322 g/mol. The van der Waals surface area contributed by atoms with Crippen LogP contribution in [0.2, 0.25) is 0 Å². The van der Waals surface area contributed by atoms with Crippen LogP contribution in [-0.2, 0) is 11.2 Å². The number of carbonyl (C=O) groups is 2. The molecule has 2 aromatic rings. The van der Waals surface area contributed by atoms with E-state index in [1.165, 1.54) is 11.0 Å². The number of hydrogen-bond donors (Lipinski definition) is 1. The van der Waals surface area contributed by atoms with Gasteiger partial charge in [0.25, 0.3) is 0 Å². The van der Waals surface area contributed by atoms with E-state index in [4.69, 9.17) is 0 Å². The summed E-state index contributed by atoms with van der Waals surface area (Å²) >= 11 is 0. The van der Waals surface area contributed by atoms with Gasteiger partial charge in [-0.2, -0.15) is 0 Å². The van der Waals surface area contributed by atoms with Gasteiger partial charge in [-0.25, -0.2) is 9.48 Å². The molecule has 4 rings (SSSR count). The summed E-state index contributed by atoms with van der Waals surface area (Å²) in [5.74, 6) is -0.0328. The molecule has 3 heterocycles. The largest absolute Gasteiger partial charge is 0.336 e. The lowest BCUT2D eigenvalue weighted by molar-refractivity contribution is -0.146. The van der Waals surface area contributed by atoms with Gasteiger partial charge in [0.1, 0.15) is 12.4 Å². The summed E-state index contributed by atoms with van der Waals surface area (Å²) in [6.45, 7) is 1.61. The first-order valence-corrected chi connectivity index (χ1v) is 8.16. The first kappa shape index (κ1) is 15.6. The van der Waals surface area contributed by atoms with Gasteiger partial charge in [-0.1, -0.05) is 30.3 Å². The molecule has 2 aliphatic rings. The van der Waals surface area contributed by atoms with Gasteiger partial charge in [0.2, 0.25) is 5.91 Å². The smallest absolute Gasteiger partial charge is 0.317 e. The molecule has 0 radical (unpaired) electrons. The Hall–Kier alpha value is -2.97. The fraction of sp³-hybridized carbons (Fsp3) is 0.438. The molecule has 1 aromatic carbocycles. The second-order valence-corrected chi connectivity index (χ2v) is 6.63. The normalized spacial score (nSPS) is 19.6. The summed E-state index contributed by atoms with van der Waals surface area (Å²) in [5.41, 5.74) is 0.756. The van der Waals surface area contributed by atoms with Gasteiger partial charge < -0.3 is 15.1 Å². The van der Waals surface area contributed by atoms with Crippen LogP contribution in [0.3, 0.4) is 0 Å². The predicted octanol–water partition coefficient (Wildman–Crippen LogP) is -0.307. The molecular formula is C16H19N7O2. The average Bonchev–Trinajstić information content (AvgIpc) is 3.22. The van der Waals surface area contributed by atoms with Crippen LogP contribution in [0.5, 0.6) is 0 Å². The Kier molecular flexibility index (Phi) is 3.63. The van der Waals surface area contributed by atoms with E-state index in [1.807, 2.05) is 30.3 Å². The molecule has 0 bridgehead atoms. The highest BCUT2D eigenvalue weighted by atomic mass is 16.2. The van der Waals surface area contributed by atoms with Crippen molar-refractivity contribution in [2.24, 2.45) is 0 Å². The number of likely N-dealkylation sites (N-methyl/N-ethyl adjacent to an activating group) is 1. The zero-order valence-corrected chi connectivity index (χ0v) is 13.9. The van der Waals surface area contributed by atoms with E-state index in [1.54, 1.807) is 16.8 Å². The lowest BCUT2D eigenvalue weighted by Crippen LogP contribution is -2.70. The van der Waals surface area contributed by atoms with Crippen LogP contribution in [0.25, 0.3) is 0 Å². The average molecular weight is 341 g/mol. The summed E-state index contributed by atoms with van der Waals surface area (Å²) in [6, 6.07) is 9.21. The van der Waals surface area contributed by atoms with Crippen molar-refractivity contribution in [3.05, 3.63) is 42.2 Å². The van der Waals surface area contributed by atoms with Crippen molar-refractivity contribution < 1.29 is 9.59 Å². The third-order valence-electron chi connectivity index (χ3n) is 5.11. The van der Waals surface area contributed by atoms with Crippen LogP contribution in [0.4, 0.5) is 4.79 Å². The zero-order chi connectivity index (χ0) is 17.4. The highest BCUT2D eigenvalue weighted by Gasteiger charge is 2.54. The number of urea groups is 1. The number of nitrogens with one attached hydrogen (secondary N) is 1. The summed E-state index contributed by atoms with van der Waals surface area (Å²) in [4.78, 5) is 28.2. The van der Waals surface area contributed by atoms with Crippen LogP contribution in [0, 0.1) is 0 Å². The van der Waals surface area contributed by atoms with Crippen molar-refractivity contribution in [1.29, 1.82) is 0 Å². The number of nitrogens with zero attached hydrogens (tertiary/aromatic N) is 6. The van der Waals surface area contributed by atoms with Crippen molar-refractivity contribution in [3.63, 3.8) is 0 Å². The Balaban J connectivity index is 1.51. The number of carbonyl (C=O) groups excluding carboxylic acids is 2. The van der Waals surface area contributed by atoms with Gasteiger partial charge in [0.05, 0.1) is 5.54 Å². The molecule has 1 unspecified atom stereocenters. The van der Waals surface area contributed by atoms with E-state index in [2.05, 4.69) is 20.8 Å². The SMILES string of the molecule is CN1C(=O)NCC12CN(C(=O)C(Cc1ccccc1)n1cnnn1)C2. The Morgan fingerprint density at radius 1 is 1.32 bits per heavy atom. The van der Waals surface area contributed by atoms with Gasteiger partial charge in [-0.3, -0.25) is 4.79 Å². The second-order valence-electron chi connectivity index (χ2n) is 6.63. The van der Waals surface area contributed by atoms with Crippen LogP contribution in [-0.4, -0.2) is 74.2 Å². The Morgan fingerprint density at radius 2 is 2.08 bits per heavy atom. The van der Waals surface area contributed by atoms with E-state index in [-0.39, 0.29) is 17.5 Å². The number of rotatable bonds is 4. The minimum absolute atomic E-state index is 0.0328. The molecule has 2 aliphatic heterocycles. The fourth-order valence-corrected chi connectivity index (χ4v) is 3.49. The summed E-state index contributed by atoms with van der Waals surface area (Å²) in [5, 5.41) is 14.1. The van der Waals surface area contributed by atoms with Crippen LogP contribution >= 0.6 is 0 Å². The fourth-order valence-electron chi connectivity index (χ4n) is 3.49. The van der Waals surface area contributed by atoms with E-state index >= 15 is 0 Å². The van der Waals surface area contributed by atoms with Crippen LogP contribution in [0.15, 0.2) is 36.7 Å². The number of tetrazole rings is 1. The minimum atomic E-state index is -0.495. The highest BCUT2D eigenvalue weighted by molar-refractivity contribution is 5.84. The number of likely N-dealkylation sites (tertiary alicyclic amines) is 1. The molecule has 9 nitrogen and oxygen atoms in total. The van der Waals surface area contributed by atoms with Gasteiger partial charge in [0, 0.05) is 33.1 Å². The molecule has 2 saturated heterocycles. The van der Waals surface area contributed by atoms with Gasteiger partial charge in [-0.15, -0.1) is 5.10 Å². The number of amides is 3. The zero-order valence-electron chi connectivity index (χ0n) is 13.9. The Morgan fingerprint density at radius 3 is 2.68 bits per heavy atom. The first-order valence-electron chi connectivity index (χ1n) is 8.16. The minimum Gasteiger partial charge on any atom is -0.336 e. The molecule has 130 valence electrons. The predicted molar refractivity (Wildman–Crippen MR) is 87.5 cm³/mol. The summed E-state index contributed by atoms with van der Waals surface area (Å²) < 4.78 is 1.50. The highest BCUT2D eigenvalue weighted by Crippen LogP contribution is 2.32. The van der Waals surface area contributed by atoms with Crippen LogP contribution in [0.1, 0.15) is 11.6 Å². The van der Waals surface area contributed by atoms with Gasteiger partial charge in [-0.05, 0) is 16.0 Å². The van der Waals surface area contributed by atoms with Crippen molar-refractivity contribution in [2.45, 2.75) is 18.0 Å². The molecule has 25 heavy (non-hydrogen) atoms. The molecule has 9 heteroatoms. The van der Waals surface area contributed by atoms with Gasteiger partial charge in [0.15, 0.2) is 0 Å². The maximum atomic E-state index is 13.0. The maximum Gasteiger partial charge on any atom is 0.317 e. The third kappa shape index (κ3) is 2.61. The Labute approximate surface area is 144 Å². The van der Waals surface area contributed by atoms with Crippen molar-refractivity contribution >= 4 is 11.9 Å². The second kappa shape index (κ2) is 5.83. The first-order chi connectivity index (χ1) is 12.1. The summed E-state index contributed by atoms with van der Waals surface area (Å²) in [7, 11) is 1.77. The van der Waals surface area contributed by atoms with E-state index < -0.39 is 6.04 Å². The summed E-state index contributed by atoms with van der Waals surface area (Å²) in [6.07, 6.45) is 1.98. The lowest BCUT2D eigenvalue weighted by atomic mass is 9.88. The maximum absolute atomic E-state index is 13.0. The Bertz CT molecular complexity index is 771. The molecule has 2 fully saturated rings. The lowest BCUT2D eigenvalue weighted by Gasteiger charge is -2.51. The van der Waals surface area contributed by atoms with E-state index in [0.717, 1.165) is 5.56 Å². The molecule has 1 atom stereocenters.